The fourth-order valence-electron chi connectivity index (χ4n) is 3.32. The molecule has 3 N–H and O–H groups in total. The third-order valence-electron chi connectivity index (χ3n) is 4.96. The van der Waals surface area contributed by atoms with Gasteiger partial charge in [-0.1, -0.05) is 34.5 Å². The molecule has 0 radical (unpaired) electrons. The van der Waals surface area contributed by atoms with Gasteiger partial charge in [0.15, 0.2) is 5.13 Å². The number of carbonyl (C=O) groups excluding carboxylic acids is 2. The highest BCUT2D eigenvalue weighted by Crippen LogP contribution is 2.35. The van der Waals surface area contributed by atoms with E-state index in [0.29, 0.717) is 35.4 Å². The van der Waals surface area contributed by atoms with Gasteiger partial charge in [0.05, 0.1) is 28.8 Å². The number of carbonyl (C=O) groups is 3. The third-order valence-corrected chi connectivity index (χ3v) is 6.90. The van der Waals surface area contributed by atoms with Crippen molar-refractivity contribution in [1.29, 1.82) is 0 Å². The first-order valence-corrected chi connectivity index (χ1v) is 11.4. The molecule has 1 fully saturated rings. The Kier molecular flexibility index (Phi) is 8.05. The van der Waals surface area contributed by atoms with Gasteiger partial charge in [-0.2, -0.15) is 0 Å². The summed E-state index contributed by atoms with van der Waals surface area (Å²) in [6, 6.07) is -0.341. The number of piperidine rings is 1. The van der Waals surface area contributed by atoms with Crippen LogP contribution < -0.4 is 15.0 Å². The Hall–Kier alpha value is -2.54. The molecule has 2 aromatic heterocycles. The number of halogens is 2. The lowest BCUT2D eigenvalue weighted by Gasteiger charge is -2.37. The molecule has 3 heterocycles. The van der Waals surface area contributed by atoms with E-state index >= 15 is 0 Å². The van der Waals surface area contributed by atoms with Gasteiger partial charge < -0.3 is 34.5 Å². The monoisotopic (exact) mass is 520 g/mol. The number of methoxy groups -OCH3 is 1. The Bertz CT molecular complexity index is 1060. The number of aryl methyl sites for hydroxylation is 1. The zero-order valence-electron chi connectivity index (χ0n) is 17.9. The molecule has 3 rings (SSSR count). The van der Waals surface area contributed by atoms with Crippen molar-refractivity contribution < 1.29 is 33.7 Å². The molecule has 0 unspecified atom stereocenters. The summed E-state index contributed by atoms with van der Waals surface area (Å²) < 4.78 is 15.3. The minimum absolute atomic E-state index is 0.0844. The van der Waals surface area contributed by atoms with Gasteiger partial charge in [-0.3, -0.25) is 4.79 Å². The standard InChI is InChI=1S/C19H22Cl2N4O7S/c1-4-31-19(29)32-17-14(16(27)28)24-18(33-17)25-6-5-9(10(7-25)30-3)23-15(26)13-12(21)11(20)8(2)22-13/h9-10,22H,4-7H2,1-3H3,(H,23,26)(H,27,28)/t9-,10+/m1/s1. The lowest BCUT2D eigenvalue weighted by molar-refractivity contribution is 0.0539. The highest BCUT2D eigenvalue weighted by molar-refractivity contribution is 7.17. The number of thiazole rings is 1. The molecule has 14 heteroatoms. The number of nitrogens with zero attached hydrogens (tertiary/aromatic N) is 2. The number of aromatic carboxylic acids is 1. The summed E-state index contributed by atoms with van der Waals surface area (Å²) in [6.45, 7) is 4.15. The summed E-state index contributed by atoms with van der Waals surface area (Å²) in [5, 5.41) is 12.9. The Balaban J connectivity index is 1.72. The molecule has 2 aromatic rings. The van der Waals surface area contributed by atoms with Crippen LogP contribution >= 0.6 is 34.5 Å². The first kappa shape index (κ1) is 25.1. The second-order valence-corrected chi connectivity index (χ2v) is 8.76. The van der Waals surface area contributed by atoms with Crippen molar-refractivity contribution in [2.45, 2.75) is 32.4 Å². The fourth-order valence-corrected chi connectivity index (χ4v) is 4.67. The molecule has 33 heavy (non-hydrogen) atoms. The SMILES string of the molecule is CCOC(=O)Oc1sc(N2CC[C@@H](NC(=O)c3[nH]c(C)c(Cl)c3Cl)[C@@H](OC)C2)nc1C(=O)O. The largest absolute Gasteiger partial charge is 0.514 e. The second kappa shape index (κ2) is 10.6. The average molecular weight is 521 g/mol. The van der Waals surface area contributed by atoms with E-state index in [0.717, 1.165) is 11.3 Å². The fraction of sp³-hybridized carbons (Fsp3) is 0.474. The van der Waals surface area contributed by atoms with Crippen LogP contribution in [0.5, 0.6) is 5.06 Å². The quantitative estimate of drug-likeness (QED) is 0.468. The summed E-state index contributed by atoms with van der Waals surface area (Å²) in [5.41, 5.74) is 0.369. The molecule has 2 atom stereocenters. The number of aromatic amines is 1. The number of H-pyrrole nitrogens is 1. The predicted octanol–water partition coefficient (Wildman–Crippen LogP) is 3.34. The van der Waals surface area contributed by atoms with Crippen molar-refractivity contribution in [2.75, 3.05) is 31.7 Å². The van der Waals surface area contributed by atoms with Gasteiger partial charge in [-0.05, 0) is 20.3 Å². The average Bonchev–Trinajstić information content (AvgIpc) is 3.30. The molecule has 0 saturated carbocycles. The van der Waals surface area contributed by atoms with E-state index in [1.807, 2.05) is 0 Å². The van der Waals surface area contributed by atoms with E-state index in [2.05, 4.69) is 15.3 Å². The number of carboxylic acids is 1. The number of anilines is 1. The Labute approximate surface area is 202 Å². The van der Waals surface area contributed by atoms with Crippen molar-refractivity contribution in [3.05, 3.63) is 27.1 Å². The summed E-state index contributed by atoms with van der Waals surface area (Å²) in [6.07, 6.45) is -0.963. The summed E-state index contributed by atoms with van der Waals surface area (Å²) in [5.74, 6) is -1.75. The molecule has 11 nitrogen and oxygen atoms in total. The van der Waals surface area contributed by atoms with E-state index in [9.17, 15) is 19.5 Å². The van der Waals surface area contributed by atoms with Crippen LogP contribution in [0.15, 0.2) is 0 Å². The number of nitrogens with one attached hydrogen (secondary N) is 2. The molecule has 1 saturated heterocycles. The lowest BCUT2D eigenvalue weighted by Crippen LogP contribution is -2.55. The normalized spacial score (nSPS) is 18.2. The Morgan fingerprint density at radius 1 is 1.33 bits per heavy atom. The summed E-state index contributed by atoms with van der Waals surface area (Å²) >= 11 is 13.1. The smallest absolute Gasteiger partial charge is 0.476 e. The molecule has 0 bridgehead atoms. The van der Waals surface area contributed by atoms with Crippen LogP contribution in [-0.2, 0) is 9.47 Å². The highest BCUT2D eigenvalue weighted by atomic mass is 35.5. The molecule has 0 aliphatic carbocycles. The van der Waals surface area contributed by atoms with E-state index < -0.39 is 24.1 Å². The van der Waals surface area contributed by atoms with Crippen LogP contribution in [0, 0.1) is 6.92 Å². The minimum Gasteiger partial charge on any atom is -0.476 e. The van der Waals surface area contributed by atoms with Crippen molar-refractivity contribution in [3.8, 4) is 5.06 Å². The molecule has 180 valence electrons. The number of aromatic nitrogens is 2. The van der Waals surface area contributed by atoms with Crippen molar-refractivity contribution >= 4 is 57.7 Å². The molecule has 1 amide bonds. The minimum atomic E-state index is -1.33. The zero-order chi connectivity index (χ0) is 24.3. The maximum absolute atomic E-state index is 12.7. The maximum atomic E-state index is 12.7. The van der Waals surface area contributed by atoms with E-state index in [1.54, 1.807) is 18.7 Å². The third kappa shape index (κ3) is 5.52. The van der Waals surface area contributed by atoms with Gasteiger partial charge in [0.25, 0.3) is 5.91 Å². The van der Waals surface area contributed by atoms with Crippen LogP contribution in [0.4, 0.5) is 9.93 Å². The molecular weight excluding hydrogens is 499 g/mol. The van der Waals surface area contributed by atoms with Crippen molar-refractivity contribution in [3.63, 3.8) is 0 Å². The van der Waals surface area contributed by atoms with Crippen LogP contribution in [0.3, 0.4) is 0 Å². The van der Waals surface area contributed by atoms with Crippen LogP contribution in [0.1, 0.15) is 40.0 Å². The number of carboxylic acid groups (broad SMARTS) is 1. The van der Waals surface area contributed by atoms with Gasteiger partial charge in [-0.25, -0.2) is 14.6 Å². The van der Waals surface area contributed by atoms with Gasteiger partial charge in [0.1, 0.15) is 5.69 Å². The Morgan fingerprint density at radius 2 is 2.06 bits per heavy atom. The highest BCUT2D eigenvalue weighted by Gasteiger charge is 2.34. The van der Waals surface area contributed by atoms with E-state index in [-0.39, 0.29) is 34.1 Å². The number of hydrogen-bond donors (Lipinski definition) is 3. The first-order valence-electron chi connectivity index (χ1n) is 9.87. The van der Waals surface area contributed by atoms with Crippen molar-refractivity contribution in [2.24, 2.45) is 0 Å². The lowest BCUT2D eigenvalue weighted by atomic mass is 10.0. The van der Waals surface area contributed by atoms with Crippen LogP contribution in [-0.4, -0.2) is 72.1 Å². The summed E-state index contributed by atoms with van der Waals surface area (Å²) in [4.78, 5) is 44.6. The molecule has 1 aliphatic rings. The number of hydrogen-bond acceptors (Lipinski definition) is 9. The Morgan fingerprint density at radius 3 is 2.64 bits per heavy atom. The molecule has 0 aromatic carbocycles. The van der Waals surface area contributed by atoms with Crippen molar-refractivity contribution in [1.82, 2.24) is 15.3 Å². The number of rotatable bonds is 7. The van der Waals surface area contributed by atoms with Gasteiger partial charge >= 0.3 is 12.1 Å². The predicted molar refractivity (Wildman–Crippen MR) is 121 cm³/mol. The molecular formula is C19H22Cl2N4O7S. The maximum Gasteiger partial charge on any atom is 0.514 e. The van der Waals surface area contributed by atoms with E-state index in [1.165, 1.54) is 7.11 Å². The first-order chi connectivity index (χ1) is 15.7. The van der Waals surface area contributed by atoms with Crippen LogP contribution in [0.25, 0.3) is 0 Å². The summed E-state index contributed by atoms with van der Waals surface area (Å²) in [7, 11) is 1.51. The molecule has 1 aliphatic heterocycles. The topological polar surface area (TPSA) is 143 Å². The number of amides is 1. The van der Waals surface area contributed by atoms with Crippen LogP contribution in [0.2, 0.25) is 10.0 Å². The van der Waals surface area contributed by atoms with Gasteiger partial charge in [-0.15, -0.1) is 0 Å². The number of ether oxygens (including phenoxy) is 3. The van der Waals surface area contributed by atoms with Gasteiger partial charge in [0.2, 0.25) is 10.8 Å². The molecule has 0 spiro atoms. The van der Waals surface area contributed by atoms with Gasteiger partial charge in [0, 0.05) is 25.9 Å². The second-order valence-electron chi connectivity index (χ2n) is 7.06. The zero-order valence-corrected chi connectivity index (χ0v) is 20.3. The van der Waals surface area contributed by atoms with E-state index in [4.69, 9.17) is 37.4 Å².